The number of rotatable bonds is 5. The summed E-state index contributed by atoms with van der Waals surface area (Å²) in [5.74, 6) is 0. The topological polar surface area (TPSA) is 54.0 Å². The first-order chi connectivity index (χ1) is 12.7. The molecule has 1 aliphatic carbocycles. The number of hydrogen-bond acceptors (Lipinski definition) is 2. The maximum Gasteiger partial charge on any atom is 0.315 e. The number of nitrogens with zero attached hydrogens (tertiary/aromatic N) is 1. The number of benzene rings is 1. The average Bonchev–Trinajstić information content (AvgIpc) is 2.62. The lowest BCUT2D eigenvalue weighted by Gasteiger charge is -2.14. The lowest BCUT2D eigenvalue weighted by atomic mass is 9.97. The lowest BCUT2D eigenvalue weighted by molar-refractivity contribution is 0.240. The number of carbonyl (C=O) groups is 1. The molecular weight excluding hydrogens is 346 g/mol. The predicted octanol–water partition coefficient (Wildman–Crippen LogP) is 4.44. The molecular formula is C21H26ClN3O. The Kier molecular flexibility index (Phi) is 6.89. The van der Waals surface area contributed by atoms with Gasteiger partial charge in [0.2, 0.25) is 0 Å². The van der Waals surface area contributed by atoms with E-state index in [1.54, 1.807) is 0 Å². The van der Waals surface area contributed by atoms with Crippen molar-refractivity contribution in [1.29, 1.82) is 0 Å². The zero-order valence-corrected chi connectivity index (χ0v) is 15.8. The second-order valence-electron chi connectivity index (χ2n) is 6.81. The van der Waals surface area contributed by atoms with Crippen molar-refractivity contribution in [2.45, 2.75) is 51.5 Å². The van der Waals surface area contributed by atoms with Crippen LogP contribution in [0.1, 0.15) is 48.2 Å². The number of pyridine rings is 1. The van der Waals surface area contributed by atoms with Gasteiger partial charge in [-0.1, -0.05) is 42.6 Å². The molecule has 2 N–H and O–H groups in total. The van der Waals surface area contributed by atoms with Crippen molar-refractivity contribution in [2.24, 2.45) is 0 Å². The van der Waals surface area contributed by atoms with Crippen LogP contribution < -0.4 is 10.6 Å². The van der Waals surface area contributed by atoms with Gasteiger partial charge < -0.3 is 10.6 Å². The van der Waals surface area contributed by atoms with Crippen molar-refractivity contribution in [3.8, 4) is 0 Å². The van der Waals surface area contributed by atoms with Crippen molar-refractivity contribution in [3.05, 3.63) is 63.9 Å². The zero-order chi connectivity index (χ0) is 18.2. The summed E-state index contributed by atoms with van der Waals surface area (Å²) in [5.41, 5.74) is 4.74. The molecule has 0 fully saturated rings. The molecule has 0 aliphatic heterocycles. The van der Waals surface area contributed by atoms with Crippen molar-refractivity contribution >= 4 is 17.6 Å². The highest BCUT2D eigenvalue weighted by atomic mass is 35.5. The van der Waals surface area contributed by atoms with Gasteiger partial charge in [0.25, 0.3) is 0 Å². The number of nitrogens with one attached hydrogen (secondary N) is 2. The fraction of sp³-hybridized carbons (Fsp3) is 0.429. The maximum atomic E-state index is 11.9. The van der Waals surface area contributed by atoms with Crippen LogP contribution in [0.2, 0.25) is 5.02 Å². The molecule has 0 bridgehead atoms. The van der Waals surface area contributed by atoms with Gasteiger partial charge in [0.05, 0.1) is 0 Å². The molecule has 0 unspecified atom stereocenters. The van der Waals surface area contributed by atoms with Crippen LogP contribution in [-0.2, 0) is 25.8 Å². The third-order valence-electron chi connectivity index (χ3n) is 4.77. The minimum Gasteiger partial charge on any atom is -0.338 e. The summed E-state index contributed by atoms with van der Waals surface area (Å²) in [6, 6.07) is 11.6. The quantitative estimate of drug-likeness (QED) is 0.816. The van der Waals surface area contributed by atoms with Gasteiger partial charge >= 0.3 is 6.03 Å². The molecule has 1 aliphatic rings. The van der Waals surface area contributed by atoms with E-state index in [1.165, 1.54) is 36.9 Å². The molecule has 0 radical (unpaired) electrons. The zero-order valence-electron chi connectivity index (χ0n) is 15.1. The molecule has 138 valence electrons. The standard InChI is InChI=1S/C21H26ClN3O/c22-18-10-7-16(8-11-18)15-24-21(26)23-14-13-19-12-9-17-5-3-1-2-4-6-20(17)25-19/h7-12H,1-6,13-15H2,(H2,23,24,26). The third kappa shape index (κ3) is 5.73. The Labute approximate surface area is 160 Å². The predicted molar refractivity (Wildman–Crippen MR) is 106 cm³/mol. The van der Waals surface area contributed by atoms with Crippen LogP contribution in [0.4, 0.5) is 4.79 Å². The SMILES string of the molecule is O=C(NCCc1ccc2c(n1)CCCCCC2)NCc1ccc(Cl)cc1. The maximum absolute atomic E-state index is 11.9. The van der Waals surface area contributed by atoms with Crippen LogP contribution >= 0.6 is 11.6 Å². The van der Waals surface area contributed by atoms with E-state index in [0.29, 0.717) is 18.1 Å². The van der Waals surface area contributed by atoms with Crippen molar-refractivity contribution in [3.63, 3.8) is 0 Å². The molecule has 0 saturated carbocycles. The molecule has 5 heteroatoms. The van der Waals surface area contributed by atoms with Gasteiger partial charge in [-0.15, -0.1) is 0 Å². The Bertz CT molecular complexity index is 731. The van der Waals surface area contributed by atoms with E-state index >= 15 is 0 Å². The number of aryl methyl sites for hydroxylation is 2. The molecule has 0 atom stereocenters. The Hall–Kier alpha value is -2.07. The van der Waals surface area contributed by atoms with E-state index in [0.717, 1.165) is 30.5 Å². The fourth-order valence-corrected chi connectivity index (χ4v) is 3.40. The molecule has 1 heterocycles. The molecule has 2 amide bonds. The molecule has 26 heavy (non-hydrogen) atoms. The van der Waals surface area contributed by atoms with Crippen molar-refractivity contribution < 1.29 is 4.79 Å². The van der Waals surface area contributed by atoms with E-state index in [2.05, 4.69) is 22.8 Å². The monoisotopic (exact) mass is 371 g/mol. The number of aromatic nitrogens is 1. The summed E-state index contributed by atoms with van der Waals surface area (Å²) in [6.45, 7) is 1.07. The fourth-order valence-electron chi connectivity index (χ4n) is 3.27. The number of urea groups is 1. The summed E-state index contributed by atoms with van der Waals surface area (Å²) >= 11 is 5.86. The third-order valence-corrected chi connectivity index (χ3v) is 5.02. The summed E-state index contributed by atoms with van der Waals surface area (Å²) in [6.07, 6.45) is 8.11. The molecule has 1 aromatic heterocycles. The number of halogens is 1. The van der Waals surface area contributed by atoms with Crippen LogP contribution in [0.3, 0.4) is 0 Å². The Balaban J connectivity index is 1.43. The number of hydrogen-bond donors (Lipinski definition) is 2. The molecule has 1 aromatic carbocycles. The summed E-state index contributed by atoms with van der Waals surface area (Å²) in [7, 11) is 0. The number of carbonyl (C=O) groups excluding carboxylic acids is 1. The minimum absolute atomic E-state index is 0.161. The normalized spacial score (nSPS) is 14.0. The highest BCUT2D eigenvalue weighted by molar-refractivity contribution is 6.30. The van der Waals surface area contributed by atoms with Gasteiger partial charge in [-0.3, -0.25) is 4.98 Å². The van der Waals surface area contributed by atoms with Gasteiger partial charge in [0.1, 0.15) is 0 Å². The van der Waals surface area contributed by atoms with Gasteiger partial charge in [-0.2, -0.15) is 0 Å². The van der Waals surface area contributed by atoms with Crippen molar-refractivity contribution in [2.75, 3.05) is 6.54 Å². The van der Waals surface area contributed by atoms with Gasteiger partial charge in [-0.05, 0) is 55.0 Å². The molecule has 4 nitrogen and oxygen atoms in total. The average molecular weight is 372 g/mol. The van der Waals surface area contributed by atoms with Gasteiger partial charge in [0, 0.05) is 35.9 Å². The van der Waals surface area contributed by atoms with Crippen LogP contribution in [-0.4, -0.2) is 17.6 Å². The Morgan fingerprint density at radius 3 is 2.54 bits per heavy atom. The van der Waals surface area contributed by atoms with Crippen LogP contribution in [0.5, 0.6) is 0 Å². The van der Waals surface area contributed by atoms with Gasteiger partial charge in [0.15, 0.2) is 0 Å². The van der Waals surface area contributed by atoms with E-state index in [-0.39, 0.29) is 6.03 Å². The van der Waals surface area contributed by atoms with E-state index in [9.17, 15) is 4.79 Å². The van der Waals surface area contributed by atoms with E-state index in [4.69, 9.17) is 16.6 Å². The van der Waals surface area contributed by atoms with Crippen LogP contribution in [0, 0.1) is 0 Å². The molecule has 0 saturated heterocycles. The Morgan fingerprint density at radius 2 is 1.73 bits per heavy atom. The van der Waals surface area contributed by atoms with E-state index < -0.39 is 0 Å². The van der Waals surface area contributed by atoms with Gasteiger partial charge in [-0.25, -0.2) is 4.79 Å². The second kappa shape index (κ2) is 9.58. The molecule has 2 aromatic rings. The minimum atomic E-state index is -0.161. The van der Waals surface area contributed by atoms with Crippen LogP contribution in [0.15, 0.2) is 36.4 Å². The summed E-state index contributed by atoms with van der Waals surface area (Å²) in [4.78, 5) is 16.8. The first-order valence-electron chi connectivity index (χ1n) is 9.44. The second-order valence-corrected chi connectivity index (χ2v) is 7.24. The first kappa shape index (κ1) is 18.7. The van der Waals surface area contributed by atoms with Crippen LogP contribution in [0.25, 0.3) is 0 Å². The largest absolute Gasteiger partial charge is 0.338 e. The molecule has 0 spiro atoms. The molecule has 3 rings (SSSR count). The van der Waals surface area contributed by atoms with E-state index in [1.807, 2.05) is 24.3 Å². The Morgan fingerprint density at radius 1 is 0.962 bits per heavy atom. The highest BCUT2D eigenvalue weighted by Crippen LogP contribution is 2.19. The first-order valence-corrected chi connectivity index (χ1v) is 9.82. The highest BCUT2D eigenvalue weighted by Gasteiger charge is 2.09. The number of amides is 2. The smallest absolute Gasteiger partial charge is 0.315 e. The summed E-state index contributed by atoms with van der Waals surface area (Å²) < 4.78 is 0. The number of fused-ring (bicyclic) bond motifs is 1. The lowest BCUT2D eigenvalue weighted by Crippen LogP contribution is -2.36. The van der Waals surface area contributed by atoms with Crippen molar-refractivity contribution in [1.82, 2.24) is 15.6 Å². The summed E-state index contributed by atoms with van der Waals surface area (Å²) in [5, 5.41) is 6.45.